The Morgan fingerprint density at radius 3 is 2.68 bits per heavy atom. The first-order valence-electron chi connectivity index (χ1n) is 5.95. The molecule has 0 saturated heterocycles. The maximum atomic E-state index is 5.11. The van der Waals surface area contributed by atoms with E-state index in [2.05, 4.69) is 21.8 Å². The fourth-order valence-corrected chi connectivity index (χ4v) is 1.84. The molecule has 0 bridgehead atoms. The molecule has 3 heteroatoms. The van der Waals surface area contributed by atoms with E-state index in [0.717, 1.165) is 28.0 Å². The molecule has 0 radical (unpaired) electrons. The van der Waals surface area contributed by atoms with Gasteiger partial charge in [-0.05, 0) is 48.4 Å². The molecule has 0 spiro atoms. The van der Waals surface area contributed by atoms with Crippen LogP contribution in [0.2, 0.25) is 0 Å². The lowest BCUT2D eigenvalue weighted by atomic mass is 10.2. The molecular weight excluding hydrogens is 236 g/mol. The summed E-state index contributed by atoms with van der Waals surface area (Å²) in [5.41, 5.74) is 2.68. The van der Waals surface area contributed by atoms with Gasteiger partial charge in [0.15, 0.2) is 0 Å². The smallest absolute Gasteiger partial charge is 0.138 e. The van der Waals surface area contributed by atoms with Gasteiger partial charge in [-0.3, -0.25) is 0 Å². The second-order valence-corrected chi connectivity index (χ2v) is 4.10. The Bertz CT molecular complexity index is 728. The highest BCUT2D eigenvalue weighted by atomic mass is 16.5. The van der Waals surface area contributed by atoms with Gasteiger partial charge in [0, 0.05) is 17.1 Å². The van der Waals surface area contributed by atoms with Crippen LogP contribution in [0.15, 0.2) is 48.7 Å². The van der Waals surface area contributed by atoms with Crippen molar-refractivity contribution in [2.45, 2.75) is 0 Å². The third-order valence-electron chi connectivity index (χ3n) is 2.82. The molecule has 1 aromatic carbocycles. The van der Waals surface area contributed by atoms with Gasteiger partial charge in [0.1, 0.15) is 11.4 Å². The predicted octanol–water partition coefficient (Wildman–Crippen LogP) is 2.97. The average Bonchev–Trinajstić information content (AvgIpc) is 2.88. The number of benzene rings is 1. The Morgan fingerprint density at radius 2 is 1.95 bits per heavy atom. The van der Waals surface area contributed by atoms with Crippen molar-refractivity contribution in [1.29, 1.82) is 0 Å². The first-order chi connectivity index (χ1) is 9.35. The van der Waals surface area contributed by atoms with Crippen LogP contribution in [-0.2, 0) is 0 Å². The zero-order valence-electron chi connectivity index (χ0n) is 10.5. The number of ether oxygens (including phenoxy) is 1. The van der Waals surface area contributed by atoms with Gasteiger partial charge < -0.3 is 9.72 Å². The molecule has 2 heterocycles. The number of aromatic amines is 1. The highest BCUT2D eigenvalue weighted by Gasteiger charge is 1.97. The summed E-state index contributed by atoms with van der Waals surface area (Å²) in [7, 11) is 1.65. The second kappa shape index (κ2) is 4.87. The van der Waals surface area contributed by atoms with Gasteiger partial charge in [-0.15, -0.1) is 0 Å². The lowest BCUT2D eigenvalue weighted by Crippen LogP contribution is -1.82. The standard InChI is InChI=1S/C16H12N2O/c1-19-15-8-5-12(6-9-15)4-7-14-11-13-3-2-10-17-16(13)18-14/h2-3,5-6,8-11H,1H3,(H,17,18). The highest BCUT2D eigenvalue weighted by molar-refractivity contribution is 5.77. The van der Waals surface area contributed by atoms with Gasteiger partial charge in [-0.1, -0.05) is 5.92 Å². The number of hydrogen-bond donors (Lipinski definition) is 1. The largest absolute Gasteiger partial charge is 0.497 e. The highest BCUT2D eigenvalue weighted by Crippen LogP contribution is 2.12. The van der Waals surface area contributed by atoms with Gasteiger partial charge >= 0.3 is 0 Å². The van der Waals surface area contributed by atoms with Crippen LogP contribution in [0.5, 0.6) is 5.75 Å². The molecule has 0 amide bonds. The number of methoxy groups -OCH3 is 1. The van der Waals surface area contributed by atoms with Gasteiger partial charge in [0.25, 0.3) is 0 Å². The fraction of sp³-hybridized carbons (Fsp3) is 0.0625. The molecule has 19 heavy (non-hydrogen) atoms. The number of rotatable bonds is 1. The van der Waals surface area contributed by atoms with Crippen molar-refractivity contribution in [3.05, 3.63) is 59.9 Å². The van der Waals surface area contributed by atoms with Gasteiger partial charge in [-0.2, -0.15) is 0 Å². The fourth-order valence-electron chi connectivity index (χ4n) is 1.84. The van der Waals surface area contributed by atoms with Crippen LogP contribution in [0.1, 0.15) is 11.3 Å². The Labute approximate surface area is 111 Å². The van der Waals surface area contributed by atoms with Crippen LogP contribution in [-0.4, -0.2) is 17.1 Å². The minimum atomic E-state index is 0.834. The van der Waals surface area contributed by atoms with Crippen LogP contribution in [0.25, 0.3) is 11.0 Å². The van der Waals surface area contributed by atoms with E-state index in [1.807, 2.05) is 42.5 Å². The van der Waals surface area contributed by atoms with Crippen molar-refractivity contribution < 1.29 is 4.74 Å². The molecule has 0 saturated carbocycles. The Balaban J connectivity index is 1.89. The molecule has 3 rings (SSSR count). The lowest BCUT2D eigenvalue weighted by molar-refractivity contribution is 0.415. The zero-order valence-corrected chi connectivity index (χ0v) is 10.5. The third-order valence-corrected chi connectivity index (χ3v) is 2.82. The zero-order chi connectivity index (χ0) is 13.1. The molecule has 2 aromatic heterocycles. The van der Waals surface area contributed by atoms with Gasteiger partial charge in [0.05, 0.1) is 12.8 Å². The van der Waals surface area contributed by atoms with Crippen molar-refractivity contribution in [2.24, 2.45) is 0 Å². The topological polar surface area (TPSA) is 37.9 Å². The molecule has 1 N–H and O–H groups in total. The SMILES string of the molecule is COc1ccc(C#Cc2cc3cccnc3[nH]2)cc1. The average molecular weight is 248 g/mol. The van der Waals surface area contributed by atoms with Gasteiger partial charge in [-0.25, -0.2) is 4.98 Å². The van der Waals surface area contributed by atoms with Crippen molar-refractivity contribution in [3.63, 3.8) is 0 Å². The Morgan fingerprint density at radius 1 is 1.11 bits per heavy atom. The minimum Gasteiger partial charge on any atom is -0.497 e. The van der Waals surface area contributed by atoms with E-state index in [1.54, 1.807) is 13.3 Å². The number of H-pyrrole nitrogens is 1. The van der Waals surface area contributed by atoms with Crippen LogP contribution in [0.3, 0.4) is 0 Å². The monoisotopic (exact) mass is 248 g/mol. The molecule has 3 aromatic rings. The minimum absolute atomic E-state index is 0.834. The van der Waals surface area contributed by atoms with E-state index in [-0.39, 0.29) is 0 Å². The number of nitrogens with one attached hydrogen (secondary N) is 1. The molecule has 0 aliphatic carbocycles. The van der Waals surface area contributed by atoms with E-state index in [9.17, 15) is 0 Å². The summed E-state index contributed by atoms with van der Waals surface area (Å²) >= 11 is 0. The van der Waals surface area contributed by atoms with E-state index >= 15 is 0 Å². The third kappa shape index (κ3) is 2.43. The first-order valence-corrected chi connectivity index (χ1v) is 5.95. The van der Waals surface area contributed by atoms with Crippen LogP contribution >= 0.6 is 0 Å². The maximum absolute atomic E-state index is 5.11. The summed E-state index contributed by atoms with van der Waals surface area (Å²) in [5.74, 6) is 7.04. The number of fused-ring (bicyclic) bond motifs is 1. The molecule has 0 atom stereocenters. The van der Waals surface area contributed by atoms with Crippen molar-refractivity contribution in [1.82, 2.24) is 9.97 Å². The molecule has 0 unspecified atom stereocenters. The molecular formula is C16H12N2O. The first kappa shape index (κ1) is 11.4. The quantitative estimate of drug-likeness (QED) is 0.672. The van der Waals surface area contributed by atoms with Crippen molar-refractivity contribution in [3.8, 4) is 17.6 Å². The second-order valence-electron chi connectivity index (χ2n) is 4.10. The predicted molar refractivity (Wildman–Crippen MR) is 75.1 cm³/mol. The number of aromatic nitrogens is 2. The Hall–Kier alpha value is -2.73. The van der Waals surface area contributed by atoms with E-state index in [4.69, 9.17) is 4.74 Å². The Kier molecular flexibility index (Phi) is 2.91. The van der Waals surface area contributed by atoms with E-state index in [0.29, 0.717) is 0 Å². The maximum Gasteiger partial charge on any atom is 0.138 e. The van der Waals surface area contributed by atoms with Gasteiger partial charge in [0.2, 0.25) is 0 Å². The number of pyridine rings is 1. The molecule has 3 nitrogen and oxygen atoms in total. The summed E-state index contributed by atoms with van der Waals surface area (Å²) in [6.45, 7) is 0. The lowest BCUT2D eigenvalue weighted by Gasteiger charge is -1.97. The van der Waals surface area contributed by atoms with Crippen LogP contribution < -0.4 is 4.74 Å². The normalized spacial score (nSPS) is 9.95. The van der Waals surface area contributed by atoms with E-state index in [1.165, 1.54) is 0 Å². The van der Waals surface area contributed by atoms with Crippen molar-refractivity contribution in [2.75, 3.05) is 7.11 Å². The summed E-state index contributed by atoms with van der Waals surface area (Å²) in [6, 6.07) is 13.6. The summed E-state index contributed by atoms with van der Waals surface area (Å²) < 4.78 is 5.11. The molecule has 0 fully saturated rings. The number of nitrogens with zero attached hydrogens (tertiary/aromatic N) is 1. The summed E-state index contributed by atoms with van der Waals surface area (Å²) in [6.07, 6.45) is 1.76. The van der Waals surface area contributed by atoms with E-state index < -0.39 is 0 Å². The molecule has 0 aliphatic heterocycles. The molecule has 92 valence electrons. The van der Waals surface area contributed by atoms with Crippen LogP contribution in [0, 0.1) is 11.8 Å². The number of hydrogen-bond acceptors (Lipinski definition) is 2. The molecule has 0 aliphatic rings. The summed E-state index contributed by atoms with van der Waals surface area (Å²) in [5, 5.41) is 1.07. The van der Waals surface area contributed by atoms with Crippen LogP contribution in [0.4, 0.5) is 0 Å². The summed E-state index contributed by atoms with van der Waals surface area (Å²) in [4.78, 5) is 7.42. The van der Waals surface area contributed by atoms with Crippen molar-refractivity contribution >= 4 is 11.0 Å².